The molecule has 1 amide bonds. The van der Waals surface area contributed by atoms with Crippen LogP contribution in [0, 0.1) is 12.3 Å². The Kier molecular flexibility index (Phi) is 8.41. The molecule has 0 bridgehead atoms. The van der Waals surface area contributed by atoms with Gasteiger partial charge in [-0.05, 0) is 43.2 Å². The van der Waals surface area contributed by atoms with Gasteiger partial charge in [-0.15, -0.1) is 0 Å². The molecule has 1 spiro atoms. The number of benzene rings is 1. The lowest BCUT2D eigenvalue weighted by Crippen LogP contribution is -2.47. The van der Waals surface area contributed by atoms with Gasteiger partial charge in [0.25, 0.3) is 0 Å². The fraction of sp³-hybridized carbons (Fsp3) is 0.667. The Hall–Kier alpha value is -1.95. The molecule has 27 heavy (non-hydrogen) atoms. The zero-order valence-electron chi connectivity index (χ0n) is 17.8. The van der Waals surface area contributed by atoms with Crippen molar-refractivity contribution < 1.29 is 19.7 Å². The SMILES string of the molecule is CC.CC.COc1cc(C)c(N(C)C(O)C2CC3(CC3)CN2C=O)cc1O. The zero-order chi connectivity index (χ0) is 20.8. The third-order valence-electron chi connectivity index (χ3n) is 5.30. The molecular formula is C21H36N2O4. The van der Waals surface area contributed by atoms with Gasteiger partial charge in [0.2, 0.25) is 6.41 Å². The van der Waals surface area contributed by atoms with Gasteiger partial charge in [0.15, 0.2) is 11.5 Å². The molecule has 1 aromatic carbocycles. The summed E-state index contributed by atoms with van der Waals surface area (Å²) in [6, 6.07) is 3.11. The molecule has 2 aliphatic rings. The number of phenols is 1. The Morgan fingerprint density at radius 2 is 1.89 bits per heavy atom. The van der Waals surface area contributed by atoms with Crippen molar-refractivity contribution in [2.24, 2.45) is 5.41 Å². The zero-order valence-corrected chi connectivity index (χ0v) is 17.8. The highest BCUT2D eigenvalue weighted by Gasteiger charge is 2.53. The summed E-state index contributed by atoms with van der Waals surface area (Å²) in [6.07, 6.45) is 3.12. The number of aliphatic hydroxyl groups is 1. The quantitative estimate of drug-likeness (QED) is 0.604. The number of carbonyl (C=O) groups excluding carboxylic acids is 1. The minimum atomic E-state index is -0.813. The molecule has 1 aliphatic carbocycles. The molecule has 154 valence electrons. The van der Waals surface area contributed by atoms with Crippen molar-refractivity contribution >= 4 is 12.1 Å². The standard InChI is InChI=1S/C17H24N2O4.2C2H6/c1-11-6-15(23-3)14(21)7-12(11)18(2)16(22)13-8-17(4-5-17)9-19(13)10-20;2*1-2/h6-7,10,13,16,21-22H,4-5,8-9H2,1-3H3;2*1-2H3. The summed E-state index contributed by atoms with van der Waals surface area (Å²) in [5.41, 5.74) is 1.83. The normalized spacial score (nSPS) is 20.0. The number of carbonyl (C=O) groups is 1. The fourth-order valence-electron chi connectivity index (χ4n) is 3.66. The molecule has 0 radical (unpaired) electrons. The Morgan fingerprint density at radius 3 is 2.37 bits per heavy atom. The number of nitrogens with zero attached hydrogens (tertiary/aromatic N) is 2. The second-order valence-electron chi connectivity index (χ2n) is 6.88. The Bertz CT molecular complexity index is 616. The molecule has 6 heteroatoms. The maximum absolute atomic E-state index is 11.3. The first kappa shape index (κ1) is 23.1. The van der Waals surface area contributed by atoms with Gasteiger partial charge >= 0.3 is 0 Å². The van der Waals surface area contributed by atoms with E-state index in [1.54, 1.807) is 29.0 Å². The van der Waals surface area contributed by atoms with Crippen LogP contribution < -0.4 is 9.64 Å². The average molecular weight is 381 g/mol. The van der Waals surface area contributed by atoms with Gasteiger partial charge < -0.3 is 24.7 Å². The summed E-state index contributed by atoms with van der Waals surface area (Å²) >= 11 is 0. The maximum Gasteiger partial charge on any atom is 0.210 e. The van der Waals surface area contributed by atoms with Crippen LogP contribution in [0.4, 0.5) is 5.69 Å². The van der Waals surface area contributed by atoms with Gasteiger partial charge in [-0.1, -0.05) is 27.7 Å². The third kappa shape index (κ3) is 4.86. The second-order valence-corrected chi connectivity index (χ2v) is 6.88. The number of methoxy groups -OCH3 is 1. The van der Waals surface area contributed by atoms with Crippen molar-refractivity contribution in [3.63, 3.8) is 0 Å². The first-order chi connectivity index (χ1) is 12.9. The Balaban J connectivity index is 0.000000855. The molecule has 2 atom stereocenters. The van der Waals surface area contributed by atoms with Gasteiger partial charge in [0.1, 0.15) is 6.23 Å². The van der Waals surface area contributed by atoms with Crippen molar-refractivity contribution in [1.29, 1.82) is 0 Å². The monoisotopic (exact) mass is 380 g/mol. The van der Waals surface area contributed by atoms with Crippen LogP contribution in [-0.4, -0.2) is 54.5 Å². The highest BCUT2D eigenvalue weighted by molar-refractivity contribution is 5.61. The van der Waals surface area contributed by atoms with Crippen LogP contribution in [0.2, 0.25) is 0 Å². The van der Waals surface area contributed by atoms with Crippen molar-refractivity contribution in [3.8, 4) is 11.5 Å². The molecule has 1 aliphatic heterocycles. The van der Waals surface area contributed by atoms with Gasteiger partial charge in [-0.2, -0.15) is 0 Å². The van der Waals surface area contributed by atoms with E-state index in [4.69, 9.17) is 4.74 Å². The summed E-state index contributed by atoms with van der Waals surface area (Å²) in [5.74, 6) is 0.436. The molecule has 2 unspecified atom stereocenters. The van der Waals surface area contributed by atoms with E-state index >= 15 is 0 Å². The summed E-state index contributed by atoms with van der Waals surface area (Å²) in [5, 5.41) is 20.8. The van der Waals surface area contributed by atoms with Crippen LogP contribution in [0.5, 0.6) is 11.5 Å². The summed E-state index contributed by atoms with van der Waals surface area (Å²) < 4.78 is 5.11. The Morgan fingerprint density at radius 1 is 1.30 bits per heavy atom. The van der Waals surface area contributed by atoms with E-state index in [9.17, 15) is 15.0 Å². The molecule has 0 aromatic heterocycles. The number of aliphatic hydroxyl groups excluding tert-OH is 1. The van der Waals surface area contributed by atoms with E-state index in [0.29, 0.717) is 5.75 Å². The number of rotatable bonds is 5. The van der Waals surface area contributed by atoms with Crippen molar-refractivity contribution in [1.82, 2.24) is 4.90 Å². The van der Waals surface area contributed by atoms with Crippen molar-refractivity contribution in [2.45, 2.75) is 66.2 Å². The fourth-order valence-corrected chi connectivity index (χ4v) is 3.66. The first-order valence-electron chi connectivity index (χ1n) is 9.90. The molecule has 3 rings (SSSR count). The van der Waals surface area contributed by atoms with Crippen molar-refractivity contribution in [3.05, 3.63) is 17.7 Å². The number of aryl methyl sites for hydroxylation is 1. The van der Waals surface area contributed by atoms with Crippen molar-refractivity contribution in [2.75, 3.05) is 25.6 Å². The number of anilines is 1. The Labute approximate surface area is 163 Å². The van der Waals surface area contributed by atoms with E-state index < -0.39 is 6.23 Å². The van der Waals surface area contributed by atoms with Gasteiger partial charge in [0, 0.05) is 25.3 Å². The van der Waals surface area contributed by atoms with E-state index in [2.05, 4.69) is 0 Å². The van der Waals surface area contributed by atoms with Crippen LogP contribution in [0.15, 0.2) is 12.1 Å². The van der Waals surface area contributed by atoms with Crippen LogP contribution >= 0.6 is 0 Å². The molecule has 1 saturated carbocycles. The first-order valence-corrected chi connectivity index (χ1v) is 9.90. The number of ether oxygens (including phenoxy) is 1. The molecular weight excluding hydrogens is 344 g/mol. The summed E-state index contributed by atoms with van der Waals surface area (Å²) in [4.78, 5) is 14.8. The molecule has 6 nitrogen and oxygen atoms in total. The average Bonchev–Trinajstić information content (AvgIpc) is 3.36. The lowest BCUT2D eigenvalue weighted by molar-refractivity contribution is -0.120. The van der Waals surface area contributed by atoms with E-state index in [0.717, 1.165) is 43.5 Å². The maximum atomic E-state index is 11.3. The van der Waals surface area contributed by atoms with E-state index in [-0.39, 0.29) is 17.2 Å². The number of hydrogen-bond donors (Lipinski definition) is 2. The number of likely N-dealkylation sites (tertiary alicyclic amines) is 1. The van der Waals surface area contributed by atoms with Crippen LogP contribution in [0.1, 0.15) is 52.5 Å². The van der Waals surface area contributed by atoms with Crippen LogP contribution in [-0.2, 0) is 4.79 Å². The highest BCUT2D eigenvalue weighted by Crippen LogP contribution is 2.55. The lowest BCUT2D eigenvalue weighted by Gasteiger charge is -2.34. The smallest absolute Gasteiger partial charge is 0.210 e. The summed E-state index contributed by atoms with van der Waals surface area (Å²) in [7, 11) is 3.28. The third-order valence-corrected chi connectivity index (χ3v) is 5.30. The van der Waals surface area contributed by atoms with Crippen LogP contribution in [0.25, 0.3) is 0 Å². The number of amides is 1. The minimum Gasteiger partial charge on any atom is -0.504 e. The van der Waals surface area contributed by atoms with E-state index in [1.165, 1.54) is 7.11 Å². The van der Waals surface area contributed by atoms with Gasteiger partial charge in [0.05, 0.1) is 13.2 Å². The lowest BCUT2D eigenvalue weighted by atomic mass is 10.0. The molecule has 1 saturated heterocycles. The summed E-state index contributed by atoms with van der Waals surface area (Å²) in [6.45, 7) is 10.6. The molecule has 2 fully saturated rings. The second kappa shape index (κ2) is 9.83. The predicted molar refractivity (Wildman–Crippen MR) is 109 cm³/mol. The van der Waals surface area contributed by atoms with E-state index in [1.807, 2.05) is 34.6 Å². The molecule has 1 heterocycles. The largest absolute Gasteiger partial charge is 0.504 e. The number of phenolic OH excluding ortho intramolecular Hbond substituents is 1. The number of aromatic hydroxyl groups is 1. The van der Waals surface area contributed by atoms with Gasteiger partial charge in [-0.25, -0.2) is 0 Å². The number of likely N-dealkylation sites (N-methyl/N-ethyl adjacent to an activating group) is 1. The highest BCUT2D eigenvalue weighted by atomic mass is 16.5. The number of hydrogen-bond acceptors (Lipinski definition) is 5. The molecule has 2 N–H and O–H groups in total. The topological polar surface area (TPSA) is 73.2 Å². The minimum absolute atomic E-state index is 0.0319. The van der Waals surface area contributed by atoms with Crippen LogP contribution in [0.3, 0.4) is 0 Å². The molecule has 1 aromatic rings. The predicted octanol–water partition coefficient (Wildman–Crippen LogP) is 3.53. The van der Waals surface area contributed by atoms with Gasteiger partial charge in [-0.3, -0.25) is 4.79 Å².